The molecule has 0 unspecified atom stereocenters. The number of rotatable bonds is 3. The molecule has 150 valence electrons. The molecule has 0 saturated carbocycles. The van der Waals surface area contributed by atoms with E-state index in [-0.39, 0.29) is 0 Å². The summed E-state index contributed by atoms with van der Waals surface area (Å²) in [5, 5.41) is 14.0. The second-order valence-corrected chi connectivity index (χ2v) is 8.96. The van der Waals surface area contributed by atoms with Gasteiger partial charge in [-0.15, -0.1) is 5.10 Å². The zero-order chi connectivity index (χ0) is 21.0. The van der Waals surface area contributed by atoms with E-state index in [0.717, 1.165) is 8.95 Å². The fourth-order valence-corrected chi connectivity index (χ4v) is 3.90. The van der Waals surface area contributed by atoms with Gasteiger partial charge >= 0.3 is 0 Å². The van der Waals surface area contributed by atoms with Gasteiger partial charge in [-0.05, 0) is 62.5 Å². The van der Waals surface area contributed by atoms with Gasteiger partial charge in [0, 0.05) is 21.3 Å². The van der Waals surface area contributed by atoms with E-state index in [0.29, 0.717) is 43.0 Å². The Bertz CT molecular complexity index is 1190. The van der Waals surface area contributed by atoms with Crippen molar-refractivity contribution in [3.8, 4) is 23.0 Å². The summed E-state index contributed by atoms with van der Waals surface area (Å²) in [4.78, 5) is 16.5. The number of thioether (sulfide) groups is 1. The summed E-state index contributed by atoms with van der Waals surface area (Å²) in [5.74, 6) is 1.12. The average Bonchev–Trinajstić information content (AvgIpc) is 3.31. The molecule has 0 spiro atoms. The van der Waals surface area contributed by atoms with E-state index >= 15 is 0 Å². The smallest absolute Gasteiger partial charge is 0.213 e. The lowest BCUT2D eigenvalue weighted by atomic mass is 10.3. The number of hydrogen-bond acceptors (Lipinski definition) is 7. The van der Waals surface area contributed by atoms with Gasteiger partial charge in [0.1, 0.15) is 11.4 Å². The van der Waals surface area contributed by atoms with Crippen LogP contribution in [0.5, 0.6) is 0 Å². The van der Waals surface area contributed by atoms with Crippen molar-refractivity contribution >= 4 is 79.0 Å². The van der Waals surface area contributed by atoms with Crippen molar-refractivity contribution in [1.29, 1.82) is 0 Å². The Morgan fingerprint density at radius 3 is 1.97 bits per heavy atom. The third-order valence-corrected chi connectivity index (χ3v) is 5.40. The van der Waals surface area contributed by atoms with Gasteiger partial charge in [0.15, 0.2) is 11.6 Å². The first-order chi connectivity index (χ1) is 13.9. The van der Waals surface area contributed by atoms with Gasteiger partial charge in [-0.2, -0.15) is 9.97 Å². The maximum atomic E-state index is 6.03. The average molecular weight is 597 g/mol. The zero-order valence-corrected chi connectivity index (χ0v) is 20.7. The molecule has 0 atom stereocenters. The molecule has 8 nitrogen and oxygen atoms in total. The van der Waals surface area contributed by atoms with E-state index in [4.69, 9.17) is 35.4 Å². The van der Waals surface area contributed by atoms with Crippen LogP contribution in [0.4, 0.5) is 0 Å². The molecule has 0 bridgehead atoms. The lowest BCUT2D eigenvalue weighted by Crippen LogP contribution is -1.87. The Balaban J connectivity index is 0.000000166. The Kier molecular flexibility index (Phi) is 7.82. The van der Waals surface area contributed by atoms with E-state index in [1.165, 1.54) is 11.8 Å². The van der Waals surface area contributed by atoms with Gasteiger partial charge in [-0.1, -0.05) is 35.0 Å². The number of nitrogens with one attached hydrogen (secondary N) is 3. The molecular weight excluding hydrogens is 587 g/mol. The second-order valence-electron chi connectivity index (χ2n) is 5.15. The highest BCUT2D eigenvalue weighted by Gasteiger charge is 2.10. The molecule has 0 fully saturated rings. The lowest BCUT2D eigenvalue weighted by Gasteiger charge is -1.98. The van der Waals surface area contributed by atoms with E-state index in [1.807, 2.05) is 6.26 Å². The van der Waals surface area contributed by atoms with Crippen LogP contribution in [0.15, 0.2) is 38.6 Å². The van der Waals surface area contributed by atoms with Gasteiger partial charge in [-0.25, -0.2) is 0 Å². The van der Waals surface area contributed by atoms with Crippen molar-refractivity contribution in [3.63, 3.8) is 0 Å². The first kappa shape index (κ1) is 22.4. The van der Waals surface area contributed by atoms with Gasteiger partial charge in [0.25, 0.3) is 0 Å². The Hall–Kier alpha value is -1.31. The summed E-state index contributed by atoms with van der Waals surface area (Å²) >= 11 is 24.8. The minimum absolute atomic E-state index is 0.376. The molecule has 0 aliphatic rings. The standard InChI is InChI=1S/C8H6BrClN4S.C7H4BrClN4S/c1-15-8-12-7(13-14-8)6-5(10)2-4(9)3-11-6;8-3-1-4(9)5(10-2-3)6-11-7(14)13-12-6/h2-3H,1H3,(H,12,13,14);1-2H,(H2,11,12,13,14). The fourth-order valence-electron chi connectivity index (χ4n) is 2.00. The molecule has 29 heavy (non-hydrogen) atoms. The number of H-pyrrole nitrogens is 3. The zero-order valence-electron chi connectivity index (χ0n) is 14.4. The first-order valence-electron chi connectivity index (χ1n) is 7.61. The second kappa shape index (κ2) is 10.1. The maximum absolute atomic E-state index is 6.03. The highest BCUT2D eigenvalue weighted by molar-refractivity contribution is 9.10. The molecule has 0 radical (unpaired) electrons. The molecule has 4 aromatic heterocycles. The summed E-state index contributed by atoms with van der Waals surface area (Å²) < 4.78 is 2.03. The Morgan fingerprint density at radius 1 is 0.931 bits per heavy atom. The van der Waals surface area contributed by atoms with Crippen LogP contribution in [0.3, 0.4) is 0 Å². The van der Waals surface area contributed by atoms with Crippen molar-refractivity contribution in [1.82, 2.24) is 40.3 Å². The molecule has 0 aromatic carbocycles. The highest BCUT2D eigenvalue weighted by Crippen LogP contribution is 2.26. The number of aromatic amines is 3. The van der Waals surface area contributed by atoms with E-state index in [9.17, 15) is 0 Å². The van der Waals surface area contributed by atoms with Gasteiger partial charge in [-0.3, -0.25) is 25.3 Å². The van der Waals surface area contributed by atoms with Crippen LogP contribution >= 0.6 is 79.0 Å². The Morgan fingerprint density at radius 2 is 1.52 bits per heavy atom. The minimum atomic E-state index is 0.376. The van der Waals surface area contributed by atoms with E-state index < -0.39 is 0 Å². The maximum Gasteiger partial charge on any atom is 0.213 e. The van der Waals surface area contributed by atoms with Crippen LogP contribution in [0.1, 0.15) is 0 Å². The molecule has 0 saturated heterocycles. The number of hydrogen-bond donors (Lipinski definition) is 3. The quantitative estimate of drug-likeness (QED) is 0.198. The number of pyridine rings is 2. The monoisotopic (exact) mass is 594 g/mol. The van der Waals surface area contributed by atoms with Crippen molar-refractivity contribution < 1.29 is 0 Å². The van der Waals surface area contributed by atoms with Gasteiger partial charge in [0.2, 0.25) is 9.93 Å². The molecule has 0 aliphatic heterocycles. The predicted molar refractivity (Wildman–Crippen MR) is 124 cm³/mol. The summed E-state index contributed by atoms with van der Waals surface area (Å²) in [6.45, 7) is 0. The van der Waals surface area contributed by atoms with Gasteiger partial charge in [0.05, 0.1) is 10.0 Å². The SMILES string of the molecule is CSc1n[nH]c(-c2ncc(Br)cc2Cl)n1.S=c1nc(-c2ncc(Br)cc2Cl)[nH][nH]1. The van der Waals surface area contributed by atoms with Crippen LogP contribution in [-0.4, -0.2) is 46.6 Å². The third kappa shape index (κ3) is 5.86. The molecule has 4 heterocycles. The van der Waals surface area contributed by atoms with Crippen molar-refractivity contribution in [2.45, 2.75) is 5.16 Å². The van der Waals surface area contributed by atoms with Crippen LogP contribution in [0.25, 0.3) is 23.0 Å². The van der Waals surface area contributed by atoms with Crippen LogP contribution in [-0.2, 0) is 0 Å². The summed E-state index contributed by atoms with van der Waals surface area (Å²) in [7, 11) is 0. The van der Waals surface area contributed by atoms with Crippen LogP contribution in [0, 0.1) is 4.77 Å². The van der Waals surface area contributed by atoms with Crippen molar-refractivity contribution in [2.24, 2.45) is 0 Å². The molecule has 4 rings (SSSR count). The third-order valence-electron chi connectivity index (χ3n) is 3.21. The molecular formula is C15H10Br2Cl2N8S2. The summed E-state index contributed by atoms with van der Waals surface area (Å²) in [6, 6.07) is 3.51. The topological polar surface area (TPSA) is 112 Å². The minimum Gasteiger partial charge on any atom is -0.280 e. The predicted octanol–water partition coefficient (Wildman–Crippen LogP) is 5.95. The number of nitrogens with zero attached hydrogens (tertiary/aromatic N) is 5. The first-order valence-corrected chi connectivity index (χ1v) is 11.6. The number of halogens is 4. The van der Waals surface area contributed by atoms with Crippen molar-refractivity contribution in [3.05, 3.63) is 48.3 Å². The molecule has 14 heteroatoms. The largest absolute Gasteiger partial charge is 0.280 e. The van der Waals surface area contributed by atoms with Gasteiger partial charge < -0.3 is 0 Å². The lowest BCUT2D eigenvalue weighted by molar-refractivity contribution is 0.976. The molecule has 3 N–H and O–H groups in total. The van der Waals surface area contributed by atoms with E-state index in [1.54, 1.807) is 24.5 Å². The van der Waals surface area contributed by atoms with E-state index in [2.05, 4.69) is 72.2 Å². The number of aromatic nitrogens is 8. The molecule has 4 aromatic rings. The molecule has 0 aliphatic carbocycles. The molecule has 0 amide bonds. The van der Waals surface area contributed by atoms with Crippen LogP contribution < -0.4 is 0 Å². The highest BCUT2D eigenvalue weighted by atomic mass is 79.9. The van der Waals surface area contributed by atoms with Crippen molar-refractivity contribution in [2.75, 3.05) is 6.26 Å². The van der Waals surface area contributed by atoms with Crippen LogP contribution in [0.2, 0.25) is 10.0 Å². The fraction of sp³-hybridized carbons (Fsp3) is 0.0667. The summed E-state index contributed by atoms with van der Waals surface area (Å²) in [6.07, 6.45) is 5.22. The Labute approximate surface area is 200 Å². The summed E-state index contributed by atoms with van der Waals surface area (Å²) in [5.41, 5.74) is 1.18. The normalized spacial score (nSPS) is 10.5.